The van der Waals surface area contributed by atoms with Gasteiger partial charge in [-0.1, -0.05) is 37.3 Å². The zero-order valence-corrected chi connectivity index (χ0v) is 16.0. The van der Waals surface area contributed by atoms with Crippen molar-refractivity contribution in [2.45, 2.75) is 13.5 Å². The number of nitrogens with zero attached hydrogens (tertiary/aromatic N) is 4. The van der Waals surface area contributed by atoms with Crippen LogP contribution in [0.25, 0.3) is 0 Å². The number of likely N-dealkylation sites (N-methyl/N-ethyl adjacent to an activating group) is 1. The van der Waals surface area contributed by atoms with Crippen molar-refractivity contribution in [1.82, 2.24) is 19.7 Å². The first-order chi connectivity index (χ1) is 13.1. The third-order valence-electron chi connectivity index (χ3n) is 4.95. The lowest BCUT2D eigenvalue weighted by molar-refractivity contribution is 0.0643. The minimum atomic E-state index is -0.142. The Morgan fingerprint density at radius 1 is 1.04 bits per heavy atom. The molecule has 0 bridgehead atoms. The predicted molar refractivity (Wildman–Crippen MR) is 104 cm³/mol. The molecule has 6 nitrogen and oxygen atoms in total. The summed E-state index contributed by atoms with van der Waals surface area (Å²) in [6.45, 7) is 6.82. The lowest BCUT2D eigenvalue weighted by Gasteiger charge is -2.34. The maximum Gasteiger partial charge on any atom is 0.255 e. The maximum atomic E-state index is 12.8. The fourth-order valence-corrected chi connectivity index (χ4v) is 3.27. The van der Waals surface area contributed by atoms with Gasteiger partial charge in [-0.3, -0.25) is 14.6 Å². The van der Waals surface area contributed by atoms with E-state index in [4.69, 9.17) is 0 Å². The Hall–Kier alpha value is -2.73. The summed E-state index contributed by atoms with van der Waals surface area (Å²) in [5.74, 6) is -0.199. The molecule has 27 heavy (non-hydrogen) atoms. The van der Waals surface area contributed by atoms with Gasteiger partial charge in [0.05, 0.1) is 11.1 Å². The van der Waals surface area contributed by atoms with E-state index in [1.54, 1.807) is 24.2 Å². The SMILES string of the molecule is CCN1CCN(C(=O)c2cncc(C(=O)N(C)Cc3ccccc3)c2)CC1. The van der Waals surface area contributed by atoms with Crippen molar-refractivity contribution in [2.75, 3.05) is 39.8 Å². The molecule has 0 spiro atoms. The van der Waals surface area contributed by atoms with Gasteiger partial charge in [-0.25, -0.2) is 0 Å². The molecular weight excluding hydrogens is 340 g/mol. The molecule has 1 aliphatic heterocycles. The number of hydrogen-bond acceptors (Lipinski definition) is 4. The van der Waals surface area contributed by atoms with Crippen molar-refractivity contribution < 1.29 is 9.59 Å². The molecule has 2 aromatic rings. The van der Waals surface area contributed by atoms with Crippen LogP contribution in [0.1, 0.15) is 33.2 Å². The van der Waals surface area contributed by atoms with E-state index < -0.39 is 0 Å². The number of benzene rings is 1. The normalized spacial score (nSPS) is 14.8. The van der Waals surface area contributed by atoms with Gasteiger partial charge in [-0.2, -0.15) is 0 Å². The van der Waals surface area contributed by atoms with Crippen molar-refractivity contribution in [3.05, 3.63) is 65.5 Å². The van der Waals surface area contributed by atoms with Crippen molar-refractivity contribution >= 4 is 11.8 Å². The first kappa shape index (κ1) is 19.0. The number of carbonyl (C=O) groups excluding carboxylic acids is 2. The molecule has 1 aromatic heterocycles. The highest BCUT2D eigenvalue weighted by Crippen LogP contribution is 2.12. The monoisotopic (exact) mass is 366 g/mol. The molecule has 0 saturated carbocycles. The topological polar surface area (TPSA) is 56.8 Å². The number of pyridine rings is 1. The zero-order valence-electron chi connectivity index (χ0n) is 16.0. The molecule has 2 heterocycles. The molecule has 1 aromatic carbocycles. The van der Waals surface area contributed by atoms with Crippen LogP contribution in [0.4, 0.5) is 0 Å². The molecule has 1 saturated heterocycles. The molecule has 6 heteroatoms. The first-order valence-corrected chi connectivity index (χ1v) is 9.34. The smallest absolute Gasteiger partial charge is 0.255 e. The fraction of sp³-hybridized carbons (Fsp3) is 0.381. The van der Waals surface area contributed by atoms with Crippen LogP contribution < -0.4 is 0 Å². The van der Waals surface area contributed by atoms with Crippen molar-refractivity contribution in [2.24, 2.45) is 0 Å². The number of amides is 2. The molecule has 0 aliphatic carbocycles. The summed E-state index contributed by atoms with van der Waals surface area (Å²) in [4.78, 5) is 35.4. The Balaban J connectivity index is 1.67. The van der Waals surface area contributed by atoms with Gasteiger partial charge in [0.25, 0.3) is 11.8 Å². The third kappa shape index (κ3) is 4.71. The van der Waals surface area contributed by atoms with E-state index >= 15 is 0 Å². The number of hydrogen-bond donors (Lipinski definition) is 0. The van der Waals surface area contributed by atoms with Crippen LogP contribution in [0.2, 0.25) is 0 Å². The third-order valence-corrected chi connectivity index (χ3v) is 4.95. The molecule has 1 fully saturated rings. The van der Waals surface area contributed by atoms with E-state index in [-0.39, 0.29) is 11.8 Å². The second kappa shape index (κ2) is 8.77. The Labute approximate surface area is 160 Å². The average Bonchev–Trinajstić information content (AvgIpc) is 2.73. The summed E-state index contributed by atoms with van der Waals surface area (Å²) in [5.41, 5.74) is 1.97. The van der Waals surface area contributed by atoms with E-state index in [9.17, 15) is 9.59 Å². The van der Waals surface area contributed by atoms with Gasteiger partial charge in [0, 0.05) is 52.2 Å². The maximum absolute atomic E-state index is 12.8. The minimum absolute atomic E-state index is 0.0568. The van der Waals surface area contributed by atoms with Gasteiger partial charge in [-0.05, 0) is 18.2 Å². The summed E-state index contributed by atoms with van der Waals surface area (Å²) >= 11 is 0. The van der Waals surface area contributed by atoms with Gasteiger partial charge in [-0.15, -0.1) is 0 Å². The summed E-state index contributed by atoms with van der Waals surface area (Å²) in [5, 5.41) is 0. The van der Waals surface area contributed by atoms with Crippen LogP contribution in [-0.2, 0) is 6.54 Å². The van der Waals surface area contributed by atoms with Crippen LogP contribution in [0, 0.1) is 0 Å². The molecule has 0 unspecified atom stereocenters. The summed E-state index contributed by atoms with van der Waals surface area (Å²) in [7, 11) is 1.76. The van der Waals surface area contributed by atoms with E-state index in [1.165, 1.54) is 6.20 Å². The summed E-state index contributed by atoms with van der Waals surface area (Å²) in [6, 6.07) is 11.5. The zero-order chi connectivity index (χ0) is 19.2. The summed E-state index contributed by atoms with van der Waals surface area (Å²) < 4.78 is 0. The van der Waals surface area contributed by atoms with Gasteiger partial charge < -0.3 is 14.7 Å². The average molecular weight is 366 g/mol. The molecule has 142 valence electrons. The second-order valence-corrected chi connectivity index (χ2v) is 6.84. The number of piperazine rings is 1. The highest BCUT2D eigenvalue weighted by atomic mass is 16.2. The van der Waals surface area contributed by atoms with Crippen LogP contribution in [-0.4, -0.2) is 71.3 Å². The predicted octanol–water partition coefficient (Wildman–Crippen LogP) is 2.13. The quantitative estimate of drug-likeness (QED) is 0.813. The van der Waals surface area contributed by atoms with Crippen LogP contribution in [0.3, 0.4) is 0 Å². The number of rotatable bonds is 5. The highest BCUT2D eigenvalue weighted by molar-refractivity contribution is 5.99. The van der Waals surface area contributed by atoms with Crippen molar-refractivity contribution in [1.29, 1.82) is 0 Å². The lowest BCUT2D eigenvalue weighted by atomic mass is 10.1. The molecule has 1 aliphatic rings. The van der Waals surface area contributed by atoms with Gasteiger partial charge in [0.1, 0.15) is 0 Å². The number of carbonyl (C=O) groups is 2. The molecule has 0 radical (unpaired) electrons. The largest absolute Gasteiger partial charge is 0.337 e. The summed E-state index contributed by atoms with van der Waals surface area (Å²) in [6.07, 6.45) is 3.07. The van der Waals surface area contributed by atoms with Crippen molar-refractivity contribution in [3.8, 4) is 0 Å². The first-order valence-electron chi connectivity index (χ1n) is 9.34. The molecule has 3 rings (SSSR count). The Morgan fingerprint density at radius 3 is 2.37 bits per heavy atom. The second-order valence-electron chi connectivity index (χ2n) is 6.84. The van der Waals surface area contributed by atoms with Gasteiger partial charge in [0.15, 0.2) is 0 Å². The van der Waals surface area contributed by atoms with E-state index in [0.29, 0.717) is 30.8 Å². The molecular formula is C21H26N4O2. The highest BCUT2D eigenvalue weighted by Gasteiger charge is 2.22. The van der Waals surface area contributed by atoms with E-state index in [0.717, 1.165) is 25.2 Å². The van der Waals surface area contributed by atoms with Crippen LogP contribution in [0.5, 0.6) is 0 Å². The van der Waals surface area contributed by atoms with Gasteiger partial charge in [0.2, 0.25) is 0 Å². The van der Waals surface area contributed by atoms with Crippen LogP contribution in [0.15, 0.2) is 48.8 Å². The Morgan fingerprint density at radius 2 is 1.70 bits per heavy atom. The molecule has 2 amide bonds. The fourth-order valence-electron chi connectivity index (χ4n) is 3.27. The van der Waals surface area contributed by atoms with E-state index in [2.05, 4.69) is 16.8 Å². The standard InChI is InChI=1S/C21H26N4O2/c1-3-24-9-11-25(12-10-24)21(27)19-13-18(14-22-15-19)20(26)23(2)16-17-7-5-4-6-8-17/h4-8,13-15H,3,9-12,16H2,1-2H3. The lowest BCUT2D eigenvalue weighted by Crippen LogP contribution is -2.48. The van der Waals surface area contributed by atoms with E-state index in [1.807, 2.05) is 35.2 Å². The Kier molecular flexibility index (Phi) is 6.19. The van der Waals surface area contributed by atoms with Crippen LogP contribution >= 0.6 is 0 Å². The minimum Gasteiger partial charge on any atom is -0.337 e. The van der Waals surface area contributed by atoms with Gasteiger partial charge >= 0.3 is 0 Å². The molecule has 0 N–H and O–H groups in total. The number of aromatic nitrogens is 1. The Bertz CT molecular complexity index is 786. The van der Waals surface area contributed by atoms with Crippen molar-refractivity contribution in [3.63, 3.8) is 0 Å². The molecule has 0 atom stereocenters.